The topological polar surface area (TPSA) is 62.2 Å². The standard InChI is InChI=1S/C30H39N5O/c36-30(21-24-7-4-5-8-24)33-27-11-6-12-28(22-27)35-18-13-26(14-19-35)32-29(25-9-2-1-3-10-25)15-17-34-20-16-31-23-34/h1-3,6,9-12,16,20,22-24,26,29,32H,4-5,7-8,13-15,17-19,21H2,(H,33,36)/t29-/m1/s1. The fourth-order valence-corrected chi connectivity index (χ4v) is 5.79. The number of imidazole rings is 1. The number of carbonyl (C=O) groups excluding carboxylic acids is 1. The van der Waals surface area contributed by atoms with Crippen LogP contribution < -0.4 is 15.5 Å². The van der Waals surface area contributed by atoms with Crippen LogP contribution in [0.2, 0.25) is 0 Å². The molecule has 6 heteroatoms. The van der Waals surface area contributed by atoms with Gasteiger partial charge in [-0.25, -0.2) is 4.98 Å². The molecule has 1 atom stereocenters. The molecule has 6 nitrogen and oxygen atoms in total. The van der Waals surface area contributed by atoms with Crippen LogP contribution in [-0.4, -0.2) is 34.6 Å². The maximum atomic E-state index is 12.5. The molecule has 2 aliphatic rings. The molecule has 2 aromatic carbocycles. The molecule has 1 aliphatic heterocycles. The van der Waals surface area contributed by atoms with Crippen molar-refractivity contribution in [3.63, 3.8) is 0 Å². The number of anilines is 2. The molecule has 2 heterocycles. The van der Waals surface area contributed by atoms with E-state index in [-0.39, 0.29) is 5.91 Å². The number of carbonyl (C=O) groups is 1. The lowest BCUT2D eigenvalue weighted by Gasteiger charge is -2.36. The van der Waals surface area contributed by atoms with Crippen LogP contribution >= 0.6 is 0 Å². The lowest BCUT2D eigenvalue weighted by molar-refractivity contribution is -0.117. The third-order valence-corrected chi connectivity index (χ3v) is 7.81. The summed E-state index contributed by atoms with van der Waals surface area (Å²) in [7, 11) is 0. The van der Waals surface area contributed by atoms with Crippen molar-refractivity contribution in [2.24, 2.45) is 5.92 Å². The smallest absolute Gasteiger partial charge is 0.224 e. The van der Waals surface area contributed by atoms with Crippen molar-refractivity contribution in [2.45, 2.75) is 70.0 Å². The van der Waals surface area contributed by atoms with Crippen LogP contribution in [0.4, 0.5) is 11.4 Å². The van der Waals surface area contributed by atoms with Gasteiger partial charge in [-0.15, -0.1) is 0 Å². The highest BCUT2D eigenvalue weighted by Gasteiger charge is 2.23. The van der Waals surface area contributed by atoms with E-state index >= 15 is 0 Å². The average Bonchev–Trinajstić information content (AvgIpc) is 3.62. The van der Waals surface area contributed by atoms with Crippen molar-refractivity contribution in [1.29, 1.82) is 0 Å². The summed E-state index contributed by atoms with van der Waals surface area (Å²) in [5.74, 6) is 0.726. The molecule has 2 fully saturated rings. The van der Waals surface area contributed by atoms with Crippen LogP contribution in [0.25, 0.3) is 0 Å². The predicted octanol–water partition coefficient (Wildman–Crippen LogP) is 5.79. The molecule has 1 saturated carbocycles. The highest BCUT2D eigenvalue weighted by molar-refractivity contribution is 5.91. The van der Waals surface area contributed by atoms with Gasteiger partial charge in [0.15, 0.2) is 0 Å². The van der Waals surface area contributed by atoms with Gasteiger partial charge in [0.1, 0.15) is 0 Å². The molecule has 1 aromatic heterocycles. The second kappa shape index (κ2) is 12.2. The van der Waals surface area contributed by atoms with E-state index in [4.69, 9.17) is 0 Å². The first kappa shape index (κ1) is 24.6. The van der Waals surface area contributed by atoms with Gasteiger partial charge in [-0.05, 0) is 61.8 Å². The zero-order chi connectivity index (χ0) is 24.6. The number of benzene rings is 2. The fraction of sp³-hybridized carbons (Fsp3) is 0.467. The van der Waals surface area contributed by atoms with E-state index in [1.165, 1.54) is 36.9 Å². The molecule has 1 amide bonds. The Bertz CT molecular complexity index is 1070. The van der Waals surface area contributed by atoms with E-state index in [0.717, 1.165) is 44.6 Å². The largest absolute Gasteiger partial charge is 0.371 e. The number of nitrogens with one attached hydrogen (secondary N) is 2. The van der Waals surface area contributed by atoms with Crippen molar-refractivity contribution in [2.75, 3.05) is 23.3 Å². The predicted molar refractivity (Wildman–Crippen MR) is 146 cm³/mol. The second-order valence-electron chi connectivity index (χ2n) is 10.4. The summed E-state index contributed by atoms with van der Waals surface area (Å²) in [6.45, 7) is 2.98. The van der Waals surface area contributed by atoms with Gasteiger partial charge in [-0.3, -0.25) is 4.79 Å². The molecule has 0 unspecified atom stereocenters. The molecule has 0 spiro atoms. The minimum Gasteiger partial charge on any atom is -0.371 e. The van der Waals surface area contributed by atoms with Crippen molar-refractivity contribution >= 4 is 17.3 Å². The molecular formula is C30H39N5O. The SMILES string of the molecule is O=C(CC1CCCC1)Nc1cccc(N2CCC(N[C@H](CCn3ccnc3)c3ccccc3)CC2)c1. The minimum atomic E-state index is 0.157. The number of hydrogen-bond donors (Lipinski definition) is 2. The molecule has 5 rings (SSSR count). The van der Waals surface area contributed by atoms with E-state index < -0.39 is 0 Å². The van der Waals surface area contributed by atoms with Crippen molar-refractivity contribution in [3.8, 4) is 0 Å². The molecule has 0 radical (unpaired) electrons. The highest BCUT2D eigenvalue weighted by atomic mass is 16.1. The molecule has 36 heavy (non-hydrogen) atoms. The third-order valence-electron chi connectivity index (χ3n) is 7.81. The van der Waals surface area contributed by atoms with Gasteiger partial charge in [-0.2, -0.15) is 0 Å². The number of aromatic nitrogens is 2. The summed E-state index contributed by atoms with van der Waals surface area (Å²) >= 11 is 0. The van der Waals surface area contributed by atoms with Gasteiger partial charge in [0, 0.05) is 61.9 Å². The van der Waals surface area contributed by atoms with Gasteiger partial charge in [0.25, 0.3) is 0 Å². The lowest BCUT2D eigenvalue weighted by atomic mass is 9.98. The van der Waals surface area contributed by atoms with Gasteiger partial charge >= 0.3 is 0 Å². The first-order valence-corrected chi connectivity index (χ1v) is 13.6. The van der Waals surface area contributed by atoms with Gasteiger partial charge in [-0.1, -0.05) is 49.2 Å². The lowest BCUT2D eigenvalue weighted by Crippen LogP contribution is -2.44. The Balaban J connectivity index is 1.14. The Labute approximate surface area is 215 Å². The van der Waals surface area contributed by atoms with E-state index in [9.17, 15) is 4.79 Å². The Morgan fingerprint density at radius 3 is 2.56 bits per heavy atom. The Kier molecular flexibility index (Phi) is 8.34. The molecular weight excluding hydrogens is 446 g/mol. The van der Waals surface area contributed by atoms with Crippen molar-refractivity contribution in [1.82, 2.24) is 14.9 Å². The highest BCUT2D eigenvalue weighted by Crippen LogP contribution is 2.29. The van der Waals surface area contributed by atoms with Crippen LogP contribution in [0.3, 0.4) is 0 Å². The average molecular weight is 486 g/mol. The Morgan fingerprint density at radius 1 is 1.00 bits per heavy atom. The van der Waals surface area contributed by atoms with E-state index in [1.807, 2.05) is 24.8 Å². The molecule has 2 N–H and O–H groups in total. The normalized spacial score (nSPS) is 17.8. The summed E-state index contributed by atoms with van der Waals surface area (Å²) < 4.78 is 2.15. The van der Waals surface area contributed by atoms with Gasteiger partial charge in [0.2, 0.25) is 5.91 Å². The number of rotatable bonds is 10. The molecule has 1 saturated heterocycles. The zero-order valence-corrected chi connectivity index (χ0v) is 21.2. The maximum absolute atomic E-state index is 12.5. The summed E-state index contributed by atoms with van der Waals surface area (Å²) in [6.07, 6.45) is 14.6. The van der Waals surface area contributed by atoms with Crippen LogP contribution in [0.5, 0.6) is 0 Å². The van der Waals surface area contributed by atoms with E-state index in [1.54, 1.807) is 0 Å². The number of aryl methyl sites for hydroxylation is 1. The monoisotopic (exact) mass is 485 g/mol. The fourth-order valence-electron chi connectivity index (χ4n) is 5.79. The Morgan fingerprint density at radius 2 is 1.81 bits per heavy atom. The van der Waals surface area contributed by atoms with E-state index in [2.05, 4.69) is 73.6 Å². The van der Waals surface area contributed by atoms with Crippen LogP contribution in [-0.2, 0) is 11.3 Å². The molecule has 190 valence electrons. The van der Waals surface area contributed by atoms with Crippen molar-refractivity contribution in [3.05, 3.63) is 78.9 Å². The summed E-state index contributed by atoms with van der Waals surface area (Å²) in [6, 6.07) is 20.0. The first-order chi connectivity index (χ1) is 17.7. The van der Waals surface area contributed by atoms with Crippen molar-refractivity contribution < 1.29 is 4.79 Å². The van der Waals surface area contributed by atoms with Gasteiger partial charge in [0.05, 0.1) is 6.33 Å². The molecule has 0 bridgehead atoms. The van der Waals surface area contributed by atoms with E-state index in [0.29, 0.717) is 24.4 Å². The minimum absolute atomic E-state index is 0.157. The second-order valence-corrected chi connectivity index (χ2v) is 10.4. The quantitative estimate of drug-likeness (QED) is 0.381. The third kappa shape index (κ3) is 6.76. The number of piperidine rings is 1. The summed E-state index contributed by atoms with van der Waals surface area (Å²) in [5.41, 5.74) is 3.47. The number of amides is 1. The maximum Gasteiger partial charge on any atom is 0.224 e. The Hall–Kier alpha value is -3.12. The number of hydrogen-bond acceptors (Lipinski definition) is 4. The molecule has 1 aliphatic carbocycles. The number of nitrogens with zero attached hydrogens (tertiary/aromatic N) is 3. The first-order valence-electron chi connectivity index (χ1n) is 13.6. The van der Waals surface area contributed by atoms with Crippen LogP contribution in [0, 0.1) is 5.92 Å². The van der Waals surface area contributed by atoms with Gasteiger partial charge < -0.3 is 20.1 Å². The summed E-state index contributed by atoms with van der Waals surface area (Å²) in [5, 5.41) is 7.10. The summed E-state index contributed by atoms with van der Waals surface area (Å²) in [4.78, 5) is 19.1. The van der Waals surface area contributed by atoms with Crippen LogP contribution in [0.1, 0.15) is 63.0 Å². The molecule has 3 aromatic rings. The zero-order valence-electron chi connectivity index (χ0n) is 21.2. The van der Waals surface area contributed by atoms with Crippen LogP contribution in [0.15, 0.2) is 73.3 Å².